The van der Waals surface area contributed by atoms with Gasteiger partial charge in [-0.15, -0.1) is 0 Å². The maximum absolute atomic E-state index is 14.0. The minimum Gasteiger partial charge on any atom is -0.352 e. The van der Waals surface area contributed by atoms with Crippen molar-refractivity contribution in [2.45, 2.75) is 45.3 Å². The average Bonchev–Trinajstić information content (AvgIpc) is 2.90. The van der Waals surface area contributed by atoms with Gasteiger partial charge in [-0.1, -0.05) is 55.5 Å². The monoisotopic (exact) mass is 557 g/mol. The number of hydrogen-bond donors (Lipinski definition) is 1. The maximum atomic E-state index is 14.0. The Hall–Kier alpha value is -3.79. The predicted octanol–water partition coefficient (Wildman–Crippen LogP) is 4.29. The van der Waals surface area contributed by atoms with E-state index in [4.69, 9.17) is 0 Å². The summed E-state index contributed by atoms with van der Waals surface area (Å²) in [6.07, 6.45) is 1.75. The second-order valence-corrected chi connectivity index (χ2v) is 11.3. The second kappa shape index (κ2) is 13.3. The predicted molar refractivity (Wildman–Crippen MR) is 147 cm³/mol. The van der Waals surface area contributed by atoms with E-state index in [9.17, 15) is 26.8 Å². The highest BCUT2D eigenvalue weighted by atomic mass is 32.2. The first-order valence-corrected chi connectivity index (χ1v) is 14.4. The molecule has 0 heterocycles. The van der Waals surface area contributed by atoms with Crippen LogP contribution in [-0.2, 0) is 32.6 Å². The lowest BCUT2D eigenvalue weighted by Crippen LogP contribution is -2.54. The van der Waals surface area contributed by atoms with E-state index < -0.39 is 46.1 Å². The summed E-state index contributed by atoms with van der Waals surface area (Å²) < 4.78 is 53.8. The fourth-order valence-electron chi connectivity index (χ4n) is 4.03. The van der Waals surface area contributed by atoms with E-state index in [-0.39, 0.29) is 24.7 Å². The first-order chi connectivity index (χ1) is 18.5. The first-order valence-electron chi connectivity index (χ1n) is 12.6. The van der Waals surface area contributed by atoms with Crippen LogP contribution in [0.15, 0.2) is 78.9 Å². The van der Waals surface area contributed by atoms with Crippen molar-refractivity contribution in [2.75, 3.05) is 17.1 Å². The highest BCUT2D eigenvalue weighted by Crippen LogP contribution is 2.21. The van der Waals surface area contributed by atoms with E-state index in [2.05, 4.69) is 5.32 Å². The number of nitrogens with one attached hydrogen (secondary N) is 1. The van der Waals surface area contributed by atoms with Crippen LogP contribution in [0.1, 0.15) is 31.4 Å². The summed E-state index contributed by atoms with van der Waals surface area (Å²) in [5, 5.41) is 2.93. The lowest BCUT2D eigenvalue weighted by molar-refractivity contribution is -0.140. The zero-order valence-electron chi connectivity index (χ0n) is 22.2. The molecule has 208 valence electrons. The van der Waals surface area contributed by atoms with Gasteiger partial charge in [-0.3, -0.25) is 13.9 Å². The van der Waals surface area contributed by atoms with Crippen molar-refractivity contribution in [2.24, 2.45) is 0 Å². The summed E-state index contributed by atoms with van der Waals surface area (Å²) in [5.74, 6) is -2.19. The number of sulfonamides is 1. The Kier molecular flexibility index (Phi) is 10.2. The van der Waals surface area contributed by atoms with Gasteiger partial charge in [0.05, 0.1) is 11.9 Å². The number of carbonyl (C=O) groups is 2. The standard InChI is InChI=1S/C29H33F2N3O4S/c1-4-21(2)32-29(36)27(17-22-9-6-5-7-10-22)33(19-23-13-15-24(30)16-14-23)28(35)20-34(39(3,37)38)26-12-8-11-25(31)18-26/h5-16,18,21,27H,4,17,19-20H2,1-3H3,(H,32,36)/t21-,27+/m0/s1. The fourth-order valence-corrected chi connectivity index (χ4v) is 4.87. The van der Waals surface area contributed by atoms with Crippen LogP contribution in [0.3, 0.4) is 0 Å². The molecule has 0 aliphatic heterocycles. The highest BCUT2D eigenvalue weighted by molar-refractivity contribution is 7.92. The molecule has 2 atom stereocenters. The van der Waals surface area contributed by atoms with Gasteiger partial charge in [0.1, 0.15) is 24.2 Å². The van der Waals surface area contributed by atoms with Crippen molar-refractivity contribution in [3.05, 3.63) is 102 Å². The van der Waals surface area contributed by atoms with Gasteiger partial charge < -0.3 is 10.2 Å². The molecular formula is C29H33F2N3O4S. The topological polar surface area (TPSA) is 86.8 Å². The lowest BCUT2D eigenvalue weighted by atomic mass is 10.0. The van der Waals surface area contributed by atoms with Crippen molar-refractivity contribution in [1.82, 2.24) is 10.2 Å². The summed E-state index contributed by atoms with van der Waals surface area (Å²) in [6, 6.07) is 18.4. The lowest BCUT2D eigenvalue weighted by Gasteiger charge is -2.34. The molecule has 0 spiro atoms. The van der Waals surface area contributed by atoms with E-state index in [1.807, 2.05) is 44.2 Å². The average molecular weight is 558 g/mol. The molecule has 3 aromatic rings. The van der Waals surface area contributed by atoms with E-state index in [1.54, 1.807) is 0 Å². The van der Waals surface area contributed by atoms with Crippen LogP contribution in [-0.4, -0.2) is 50.0 Å². The van der Waals surface area contributed by atoms with Gasteiger partial charge in [-0.2, -0.15) is 0 Å². The van der Waals surface area contributed by atoms with Crippen molar-refractivity contribution >= 4 is 27.5 Å². The van der Waals surface area contributed by atoms with Crippen LogP contribution in [0.25, 0.3) is 0 Å². The molecule has 0 saturated carbocycles. The van der Waals surface area contributed by atoms with E-state index in [0.717, 1.165) is 22.2 Å². The van der Waals surface area contributed by atoms with Crippen molar-refractivity contribution in [1.29, 1.82) is 0 Å². The molecule has 0 radical (unpaired) electrons. The molecule has 0 saturated heterocycles. The Morgan fingerprint density at radius 3 is 2.15 bits per heavy atom. The summed E-state index contributed by atoms with van der Waals surface area (Å²) in [5.41, 5.74) is 1.33. The molecule has 10 heteroatoms. The number of amides is 2. The quantitative estimate of drug-likeness (QED) is 0.360. The fraction of sp³-hybridized carbons (Fsp3) is 0.310. The SMILES string of the molecule is CC[C@H](C)NC(=O)[C@@H](Cc1ccccc1)N(Cc1ccc(F)cc1)C(=O)CN(c1cccc(F)c1)S(C)(=O)=O. The Balaban J connectivity index is 2.05. The molecule has 3 rings (SSSR count). The zero-order valence-corrected chi connectivity index (χ0v) is 23.0. The number of anilines is 1. The minimum absolute atomic E-state index is 0.0174. The molecule has 0 bridgehead atoms. The van der Waals surface area contributed by atoms with Gasteiger partial charge in [0.2, 0.25) is 21.8 Å². The molecule has 7 nitrogen and oxygen atoms in total. The number of nitrogens with zero attached hydrogens (tertiary/aromatic N) is 2. The molecule has 2 amide bonds. The van der Waals surface area contributed by atoms with Crippen LogP contribution in [0.2, 0.25) is 0 Å². The smallest absolute Gasteiger partial charge is 0.244 e. The Morgan fingerprint density at radius 2 is 1.56 bits per heavy atom. The molecule has 0 aliphatic carbocycles. The number of hydrogen-bond acceptors (Lipinski definition) is 4. The summed E-state index contributed by atoms with van der Waals surface area (Å²) in [7, 11) is -4.00. The summed E-state index contributed by atoms with van der Waals surface area (Å²) in [4.78, 5) is 28.8. The second-order valence-electron chi connectivity index (χ2n) is 9.42. The Bertz CT molecular complexity index is 1370. The van der Waals surface area contributed by atoms with Crippen LogP contribution < -0.4 is 9.62 Å². The molecule has 0 unspecified atom stereocenters. The van der Waals surface area contributed by atoms with E-state index in [0.29, 0.717) is 12.0 Å². The van der Waals surface area contributed by atoms with Gasteiger partial charge in [0.25, 0.3) is 0 Å². The highest BCUT2D eigenvalue weighted by Gasteiger charge is 2.33. The van der Waals surface area contributed by atoms with Crippen LogP contribution >= 0.6 is 0 Å². The maximum Gasteiger partial charge on any atom is 0.244 e. The summed E-state index contributed by atoms with van der Waals surface area (Å²) >= 11 is 0. The number of benzene rings is 3. The van der Waals surface area contributed by atoms with Crippen molar-refractivity contribution < 1.29 is 26.8 Å². The molecule has 0 fully saturated rings. The van der Waals surface area contributed by atoms with Gasteiger partial charge in [-0.25, -0.2) is 17.2 Å². The van der Waals surface area contributed by atoms with Crippen molar-refractivity contribution in [3.63, 3.8) is 0 Å². The third-order valence-corrected chi connectivity index (χ3v) is 7.45. The van der Waals surface area contributed by atoms with Gasteiger partial charge >= 0.3 is 0 Å². The molecule has 0 aliphatic rings. The first kappa shape index (κ1) is 29.8. The van der Waals surface area contributed by atoms with Crippen LogP contribution in [0, 0.1) is 11.6 Å². The molecule has 39 heavy (non-hydrogen) atoms. The number of halogens is 2. The van der Waals surface area contributed by atoms with Crippen LogP contribution in [0.4, 0.5) is 14.5 Å². The third-order valence-electron chi connectivity index (χ3n) is 6.31. The van der Waals surface area contributed by atoms with Crippen LogP contribution in [0.5, 0.6) is 0 Å². The Labute approximate surface area is 228 Å². The normalized spacial score (nSPS) is 12.8. The van der Waals surface area contributed by atoms with Gasteiger partial charge in [0, 0.05) is 19.0 Å². The minimum atomic E-state index is -4.00. The molecule has 3 aromatic carbocycles. The van der Waals surface area contributed by atoms with Gasteiger partial charge in [0.15, 0.2) is 0 Å². The van der Waals surface area contributed by atoms with Gasteiger partial charge in [-0.05, 0) is 54.8 Å². The molecule has 1 N–H and O–H groups in total. The Morgan fingerprint density at radius 1 is 0.897 bits per heavy atom. The molecule has 0 aromatic heterocycles. The summed E-state index contributed by atoms with van der Waals surface area (Å²) in [6.45, 7) is 3.02. The largest absolute Gasteiger partial charge is 0.352 e. The number of carbonyl (C=O) groups excluding carboxylic acids is 2. The third kappa shape index (κ3) is 8.61. The van der Waals surface area contributed by atoms with E-state index >= 15 is 0 Å². The van der Waals surface area contributed by atoms with Crippen molar-refractivity contribution in [3.8, 4) is 0 Å². The zero-order chi connectivity index (χ0) is 28.6. The molecular weight excluding hydrogens is 524 g/mol. The number of rotatable bonds is 12. The van der Waals surface area contributed by atoms with E-state index in [1.165, 1.54) is 47.4 Å².